The third kappa shape index (κ3) is 2.91. The molecule has 0 saturated heterocycles. The van der Waals surface area contributed by atoms with Gasteiger partial charge in [-0.1, -0.05) is 11.8 Å². The van der Waals surface area contributed by atoms with Gasteiger partial charge >= 0.3 is 5.69 Å². The number of fused-ring (bicyclic) bond motifs is 1. The second kappa shape index (κ2) is 6.10. The van der Waals surface area contributed by atoms with Gasteiger partial charge in [-0.05, 0) is 17.7 Å². The molecule has 2 N–H and O–H groups in total. The maximum absolute atomic E-state index is 11.5. The van der Waals surface area contributed by atoms with E-state index in [-0.39, 0.29) is 0 Å². The summed E-state index contributed by atoms with van der Waals surface area (Å²) in [6.45, 7) is 0. The van der Waals surface area contributed by atoms with E-state index in [2.05, 4.69) is 19.9 Å². The fraction of sp³-hybridized carbons (Fsp3) is 0.214. The van der Waals surface area contributed by atoms with Crippen LogP contribution in [0, 0.1) is 0 Å². The molecule has 3 aromatic rings. The van der Waals surface area contributed by atoms with Crippen LogP contribution < -0.4 is 15.2 Å². The first-order valence-electron chi connectivity index (χ1n) is 6.47. The number of nitrogens with zero attached hydrogens (tertiary/aromatic N) is 2. The second-order valence-electron chi connectivity index (χ2n) is 4.48. The van der Waals surface area contributed by atoms with Crippen LogP contribution in [0.4, 0.5) is 0 Å². The fourth-order valence-electron chi connectivity index (χ4n) is 2.04. The van der Waals surface area contributed by atoms with E-state index in [9.17, 15) is 4.79 Å². The minimum atomic E-state index is -0.412. The monoisotopic (exact) mass is 318 g/mol. The van der Waals surface area contributed by atoms with Crippen LogP contribution in [0.3, 0.4) is 0 Å². The van der Waals surface area contributed by atoms with Crippen molar-refractivity contribution in [2.45, 2.75) is 10.8 Å². The highest BCUT2D eigenvalue weighted by Crippen LogP contribution is 2.29. The number of nitrogens with one attached hydrogen (secondary N) is 2. The second-order valence-corrected chi connectivity index (χ2v) is 5.45. The summed E-state index contributed by atoms with van der Waals surface area (Å²) >= 11 is 1.45. The molecule has 0 atom stereocenters. The Kier molecular flexibility index (Phi) is 4.01. The van der Waals surface area contributed by atoms with Crippen LogP contribution in [0.1, 0.15) is 5.56 Å². The SMILES string of the molecule is COc1cc(CSc2nc(=O)[nH]c3nc[nH]c23)cc(OC)c1. The number of ether oxygens (including phenoxy) is 2. The number of benzene rings is 1. The summed E-state index contributed by atoms with van der Waals surface area (Å²) in [5.41, 5.74) is 1.83. The molecular formula is C14H14N4O3S. The largest absolute Gasteiger partial charge is 0.497 e. The van der Waals surface area contributed by atoms with Crippen molar-refractivity contribution in [1.29, 1.82) is 0 Å². The quantitative estimate of drug-likeness (QED) is 0.552. The number of aromatic nitrogens is 4. The molecule has 0 bridgehead atoms. The van der Waals surface area contributed by atoms with Crippen molar-refractivity contribution in [1.82, 2.24) is 19.9 Å². The highest BCUT2D eigenvalue weighted by molar-refractivity contribution is 7.98. The zero-order chi connectivity index (χ0) is 15.5. The maximum Gasteiger partial charge on any atom is 0.347 e. The van der Waals surface area contributed by atoms with E-state index >= 15 is 0 Å². The van der Waals surface area contributed by atoms with Gasteiger partial charge in [0.2, 0.25) is 0 Å². The number of rotatable bonds is 5. The van der Waals surface area contributed by atoms with E-state index < -0.39 is 5.69 Å². The van der Waals surface area contributed by atoms with Crippen molar-refractivity contribution in [2.75, 3.05) is 14.2 Å². The summed E-state index contributed by atoms with van der Waals surface area (Å²) in [6.07, 6.45) is 1.53. The molecule has 0 saturated carbocycles. The topological polar surface area (TPSA) is 92.9 Å². The number of H-pyrrole nitrogens is 2. The summed E-state index contributed by atoms with van der Waals surface area (Å²) in [4.78, 5) is 25.1. The standard InChI is InChI=1S/C14H14N4O3S/c1-20-9-3-8(4-10(5-9)21-2)6-22-13-11-12(16-7-15-11)17-14(19)18-13/h3-5,7H,6H2,1-2H3,(H2,15,16,17,18,19). The molecule has 0 aliphatic heterocycles. The lowest BCUT2D eigenvalue weighted by Crippen LogP contribution is -2.10. The molecule has 3 rings (SSSR count). The molecule has 0 spiro atoms. The molecule has 22 heavy (non-hydrogen) atoms. The maximum atomic E-state index is 11.5. The third-order valence-corrected chi connectivity index (χ3v) is 4.11. The highest BCUT2D eigenvalue weighted by Gasteiger charge is 2.09. The summed E-state index contributed by atoms with van der Waals surface area (Å²) in [5, 5.41) is 0.609. The molecule has 0 aliphatic rings. The molecule has 0 radical (unpaired) electrons. The van der Waals surface area contributed by atoms with E-state index in [0.29, 0.717) is 16.4 Å². The van der Waals surface area contributed by atoms with Crippen molar-refractivity contribution in [2.24, 2.45) is 0 Å². The Labute approximate surface area is 130 Å². The van der Waals surface area contributed by atoms with Crippen molar-refractivity contribution in [3.8, 4) is 11.5 Å². The van der Waals surface area contributed by atoms with Crippen LogP contribution in [0.5, 0.6) is 11.5 Å². The van der Waals surface area contributed by atoms with Gasteiger partial charge in [-0.15, -0.1) is 0 Å². The Morgan fingerprint density at radius 3 is 2.59 bits per heavy atom. The van der Waals surface area contributed by atoms with Crippen molar-refractivity contribution >= 4 is 22.9 Å². The van der Waals surface area contributed by atoms with E-state index in [1.165, 1.54) is 18.1 Å². The zero-order valence-corrected chi connectivity index (χ0v) is 12.9. The zero-order valence-electron chi connectivity index (χ0n) is 12.0. The predicted octanol–water partition coefficient (Wildman–Crippen LogP) is 1.96. The first-order valence-corrected chi connectivity index (χ1v) is 7.46. The normalized spacial score (nSPS) is 10.8. The minimum Gasteiger partial charge on any atom is -0.497 e. The summed E-state index contributed by atoms with van der Waals surface area (Å²) in [6, 6.07) is 5.66. The van der Waals surface area contributed by atoms with Crippen molar-refractivity contribution < 1.29 is 9.47 Å². The predicted molar refractivity (Wildman–Crippen MR) is 83.6 cm³/mol. The molecule has 2 aromatic heterocycles. The van der Waals surface area contributed by atoms with Gasteiger partial charge < -0.3 is 14.5 Å². The Bertz CT molecular complexity index is 836. The van der Waals surface area contributed by atoms with Crippen LogP contribution in [0.2, 0.25) is 0 Å². The number of hydrogen-bond donors (Lipinski definition) is 2. The van der Waals surface area contributed by atoms with Gasteiger partial charge in [0.15, 0.2) is 5.65 Å². The van der Waals surface area contributed by atoms with E-state index in [0.717, 1.165) is 22.6 Å². The van der Waals surface area contributed by atoms with E-state index in [4.69, 9.17) is 9.47 Å². The Morgan fingerprint density at radius 1 is 1.18 bits per heavy atom. The molecular weight excluding hydrogens is 304 g/mol. The van der Waals surface area contributed by atoms with Crippen LogP contribution in [0.15, 0.2) is 34.3 Å². The minimum absolute atomic E-state index is 0.412. The smallest absolute Gasteiger partial charge is 0.347 e. The number of hydrogen-bond acceptors (Lipinski definition) is 6. The van der Waals surface area contributed by atoms with Crippen LogP contribution >= 0.6 is 11.8 Å². The van der Waals surface area contributed by atoms with Crippen LogP contribution in [0.25, 0.3) is 11.2 Å². The molecule has 2 heterocycles. The van der Waals surface area contributed by atoms with Gasteiger partial charge in [0.1, 0.15) is 22.0 Å². The van der Waals surface area contributed by atoms with Crippen molar-refractivity contribution in [3.63, 3.8) is 0 Å². The van der Waals surface area contributed by atoms with E-state index in [1.54, 1.807) is 14.2 Å². The highest BCUT2D eigenvalue weighted by atomic mass is 32.2. The summed E-state index contributed by atoms with van der Waals surface area (Å²) < 4.78 is 10.5. The van der Waals surface area contributed by atoms with E-state index in [1.807, 2.05) is 18.2 Å². The molecule has 0 fully saturated rings. The molecule has 0 amide bonds. The molecule has 7 nitrogen and oxygen atoms in total. The fourth-order valence-corrected chi connectivity index (χ4v) is 2.95. The van der Waals surface area contributed by atoms with Crippen molar-refractivity contribution in [3.05, 3.63) is 40.6 Å². The number of imidazole rings is 1. The lowest BCUT2D eigenvalue weighted by atomic mass is 10.2. The van der Waals surface area contributed by atoms with Gasteiger partial charge in [0.05, 0.1) is 20.5 Å². The average Bonchev–Trinajstić information content (AvgIpc) is 3.00. The lowest BCUT2D eigenvalue weighted by Gasteiger charge is -2.08. The van der Waals surface area contributed by atoms with Gasteiger partial charge in [-0.25, -0.2) is 9.78 Å². The molecule has 1 aromatic carbocycles. The first-order chi connectivity index (χ1) is 10.7. The molecule has 0 aliphatic carbocycles. The number of thioether (sulfide) groups is 1. The lowest BCUT2D eigenvalue weighted by molar-refractivity contribution is 0.393. The summed E-state index contributed by atoms with van der Waals surface area (Å²) in [5.74, 6) is 2.07. The van der Waals surface area contributed by atoms with Gasteiger partial charge in [0.25, 0.3) is 0 Å². The molecule has 8 heteroatoms. The summed E-state index contributed by atoms with van der Waals surface area (Å²) in [7, 11) is 3.22. The Morgan fingerprint density at radius 2 is 1.91 bits per heavy atom. The van der Waals surface area contributed by atoms with Gasteiger partial charge in [0, 0.05) is 11.8 Å². The van der Waals surface area contributed by atoms with Gasteiger partial charge in [-0.2, -0.15) is 4.98 Å². The Balaban J connectivity index is 1.88. The third-order valence-electron chi connectivity index (χ3n) is 3.07. The molecule has 114 valence electrons. The number of aromatic amines is 2. The number of methoxy groups -OCH3 is 2. The Hall–Kier alpha value is -2.48. The first kappa shape index (κ1) is 14.5. The van der Waals surface area contributed by atoms with Crippen LogP contribution in [-0.2, 0) is 5.75 Å². The van der Waals surface area contributed by atoms with Crippen LogP contribution in [-0.4, -0.2) is 34.2 Å². The van der Waals surface area contributed by atoms with Gasteiger partial charge in [-0.3, -0.25) is 4.98 Å². The molecule has 0 unspecified atom stereocenters. The average molecular weight is 318 g/mol.